The van der Waals surface area contributed by atoms with Crippen LogP contribution in [0.2, 0.25) is 0 Å². The van der Waals surface area contributed by atoms with Crippen molar-refractivity contribution in [1.29, 1.82) is 0 Å². The molecule has 0 aliphatic rings. The van der Waals surface area contributed by atoms with Crippen LogP contribution in [0.25, 0.3) is 0 Å². The van der Waals surface area contributed by atoms with E-state index in [1.807, 2.05) is 60.7 Å². The minimum atomic E-state index is -0.233. The number of hydrogen-bond acceptors (Lipinski definition) is 3. The third kappa shape index (κ3) is 3.47. The third-order valence-electron chi connectivity index (χ3n) is 4.19. The van der Waals surface area contributed by atoms with E-state index in [2.05, 4.69) is 29.2 Å². The largest absolute Gasteiger partial charge is 0.467 e. The van der Waals surface area contributed by atoms with Gasteiger partial charge in [-0.25, -0.2) is 0 Å². The standard InChI is InChI=1S/C23H18N2O/c1-3-8-18(9-4-1)22(19-10-5-2-6-11-19)25-23(21-12-7-17-26-21)20-13-15-24-16-14-20/h1-17,23H. The number of benzene rings is 2. The lowest BCUT2D eigenvalue weighted by Crippen LogP contribution is -2.08. The summed E-state index contributed by atoms with van der Waals surface area (Å²) in [5, 5.41) is 0. The Morgan fingerprint density at radius 3 is 1.88 bits per heavy atom. The van der Waals surface area contributed by atoms with Gasteiger partial charge in [0.2, 0.25) is 0 Å². The highest BCUT2D eigenvalue weighted by atomic mass is 16.3. The van der Waals surface area contributed by atoms with Crippen molar-refractivity contribution < 1.29 is 4.42 Å². The second kappa shape index (κ2) is 7.62. The van der Waals surface area contributed by atoms with E-state index in [0.717, 1.165) is 28.2 Å². The molecule has 2 aromatic carbocycles. The lowest BCUT2D eigenvalue weighted by Gasteiger charge is -2.15. The summed E-state index contributed by atoms with van der Waals surface area (Å²) in [5.41, 5.74) is 4.12. The fourth-order valence-corrected chi connectivity index (χ4v) is 2.93. The molecular formula is C23H18N2O. The monoisotopic (exact) mass is 338 g/mol. The van der Waals surface area contributed by atoms with E-state index < -0.39 is 0 Å². The van der Waals surface area contributed by atoms with Gasteiger partial charge in [-0.3, -0.25) is 9.98 Å². The molecule has 126 valence electrons. The Balaban J connectivity index is 1.88. The quantitative estimate of drug-likeness (QED) is 0.463. The Morgan fingerprint density at radius 1 is 0.731 bits per heavy atom. The number of rotatable bonds is 5. The van der Waals surface area contributed by atoms with Crippen LogP contribution in [-0.2, 0) is 0 Å². The molecule has 0 fully saturated rings. The minimum Gasteiger partial charge on any atom is -0.467 e. The molecule has 0 bridgehead atoms. The second-order valence-corrected chi connectivity index (χ2v) is 5.91. The van der Waals surface area contributed by atoms with Crippen LogP contribution in [0, 0.1) is 0 Å². The van der Waals surface area contributed by atoms with E-state index in [-0.39, 0.29) is 6.04 Å². The van der Waals surface area contributed by atoms with Crippen molar-refractivity contribution in [3.8, 4) is 0 Å². The molecule has 0 radical (unpaired) electrons. The van der Waals surface area contributed by atoms with Crippen LogP contribution in [0.15, 0.2) is 113 Å². The van der Waals surface area contributed by atoms with Crippen molar-refractivity contribution in [2.45, 2.75) is 6.04 Å². The lowest BCUT2D eigenvalue weighted by atomic mass is 10.0. The fraction of sp³-hybridized carbons (Fsp3) is 0.0435. The van der Waals surface area contributed by atoms with Crippen molar-refractivity contribution >= 4 is 5.71 Å². The molecule has 0 saturated heterocycles. The number of nitrogens with zero attached hydrogens (tertiary/aromatic N) is 2. The number of aliphatic imine (C=N–C) groups is 1. The van der Waals surface area contributed by atoms with E-state index in [1.54, 1.807) is 18.7 Å². The molecule has 3 nitrogen and oxygen atoms in total. The van der Waals surface area contributed by atoms with Crippen LogP contribution in [0.1, 0.15) is 28.5 Å². The van der Waals surface area contributed by atoms with Gasteiger partial charge in [0, 0.05) is 23.5 Å². The molecule has 1 atom stereocenters. The summed E-state index contributed by atoms with van der Waals surface area (Å²) in [6.07, 6.45) is 5.25. The predicted octanol–water partition coefficient (Wildman–Crippen LogP) is 5.30. The Morgan fingerprint density at radius 2 is 1.35 bits per heavy atom. The Kier molecular flexibility index (Phi) is 4.70. The molecule has 3 heteroatoms. The van der Waals surface area contributed by atoms with Crippen LogP contribution >= 0.6 is 0 Å². The molecule has 0 saturated carbocycles. The molecule has 0 aliphatic heterocycles. The maximum absolute atomic E-state index is 5.70. The molecule has 2 heterocycles. The number of pyridine rings is 1. The summed E-state index contributed by atoms with van der Waals surface area (Å²) in [7, 11) is 0. The maximum Gasteiger partial charge on any atom is 0.133 e. The summed E-state index contributed by atoms with van der Waals surface area (Å²) in [5.74, 6) is 0.806. The summed E-state index contributed by atoms with van der Waals surface area (Å²) in [6, 6.07) is 28.0. The third-order valence-corrected chi connectivity index (χ3v) is 4.19. The first-order chi connectivity index (χ1) is 12.9. The highest BCUT2D eigenvalue weighted by molar-refractivity contribution is 6.13. The molecule has 1 unspecified atom stereocenters. The van der Waals surface area contributed by atoms with Gasteiger partial charge >= 0.3 is 0 Å². The van der Waals surface area contributed by atoms with Gasteiger partial charge < -0.3 is 4.42 Å². The first-order valence-electron chi connectivity index (χ1n) is 8.54. The van der Waals surface area contributed by atoms with E-state index in [4.69, 9.17) is 9.41 Å². The molecule has 26 heavy (non-hydrogen) atoms. The highest BCUT2D eigenvalue weighted by Gasteiger charge is 2.18. The van der Waals surface area contributed by atoms with Crippen LogP contribution in [0.5, 0.6) is 0 Å². The van der Waals surface area contributed by atoms with Crippen molar-refractivity contribution in [3.63, 3.8) is 0 Å². The molecule has 0 aliphatic carbocycles. The minimum absolute atomic E-state index is 0.233. The first-order valence-corrected chi connectivity index (χ1v) is 8.54. The molecule has 2 aromatic heterocycles. The van der Waals surface area contributed by atoms with Gasteiger partial charge in [-0.1, -0.05) is 60.7 Å². The van der Waals surface area contributed by atoms with Crippen LogP contribution in [0.4, 0.5) is 0 Å². The van der Waals surface area contributed by atoms with Crippen LogP contribution in [-0.4, -0.2) is 10.7 Å². The zero-order valence-electron chi connectivity index (χ0n) is 14.2. The molecule has 0 N–H and O–H groups in total. The molecule has 0 spiro atoms. The lowest BCUT2D eigenvalue weighted by molar-refractivity contribution is 0.490. The number of furan rings is 1. The van der Waals surface area contributed by atoms with Gasteiger partial charge in [0.05, 0.1) is 12.0 Å². The molecular weight excluding hydrogens is 320 g/mol. The van der Waals surface area contributed by atoms with Crippen LogP contribution in [0.3, 0.4) is 0 Å². The molecule has 4 rings (SSSR count). The highest BCUT2D eigenvalue weighted by Crippen LogP contribution is 2.28. The zero-order chi connectivity index (χ0) is 17.6. The Hall–Kier alpha value is -3.46. The molecule has 4 aromatic rings. The number of hydrogen-bond donors (Lipinski definition) is 0. The van der Waals surface area contributed by atoms with Crippen LogP contribution < -0.4 is 0 Å². The average molecular weight is 338 g/mol. The topological polar surface area (TPSA) is 38.4 Å². The normalized spacial score (nSPS) is 11.7. The van der Waals surface area contributed by atoms with E-state index in [1.165, 1.54) is 0 Å². The summed E-state index contributed by atoms with van der Waals surface area (Å²) in [6.45, 7) is 0. The Labute approximate surface area is 152 Å². The van der Waals surface area contributed by atoms with Gasteiger partial charge in [0.25, 0.3) is 0 Å². The van der Waals surface area contributed by atoms with Gasteiger partial charge in [0.1, 0.15) is 11.8 Å². The second-order valence-electron chi connectivity index (χ2n) is 5.91. The van der Waals surface area contributed by atoms with Gasteiger partial charge in [0.15, 0.2) is 0 Å². The fourth-order valence-electron chi connectivity index (χ4n) is 2.93. The summed E-state index contributed by atoms with van der Waals surface area (Å²) >= 11 is 0. The van der Waals surface area contributed by atoms with Gasteiger partial charge in [-0.15, -0.1) is 0 Å². The van der Waals surface area contributed by atoms with Crippen molar-refractivity contribution in [2.24, 2.45) is 4.99 Å². The predicted molar refractivity (Wildman–Crippen MR) is 103 cm³/mol. The SMILES string of the molecule is c1ccc(C(=NC(c2ccncc2)c2ccco2)c2ccccc2)cc1. The number of aromatic nitrogens is 1. The van der Waals surface area contributed by atoms with E-state index in [0.29, 0.717) is 0 Å². The summed E-state index contributed by atoms with van der Waals surface area (Å²) < 4.78 is 5.70. The van der Waals surface area contributed by atoms with Crippen molar-refractivity contribution in [2.75, 3.05) is 0 Å². The summed E-state index contributed by atoms with van der Waals surface area (Å²) in [4.78, 5) is 9.25. The van der Waals surface area contributed by atoms with Gasteiger partial charge in [-0.2, -0.15) is 0 Å². The van der Waals surface area contributed by atoms with Crippen molar-refractivity contribution in [3.05, 3.63) is 126 Å². The first kappa shape index (κ1) is 16.0. The average Bonchev–Trinajstić information content (AvgIpc) is 3.25. The van der Waals surface area contributed by atoms with E-state index in [9.17, 15) is 0 Å². The van der Waals surface area contributed by atoms with Gasteiger partial charge in [-0.05, 0) is 29.8 Å². The smallest absolute Gasteiger partial charge is 0.133 e. The Bertz CT molecular complexity index is 921. The van der Waals surface area contributed by atoms with Crippen molar-refractivity contribution in [1.82, 2.24) is 4.98 Å². The maximum atomic E-state index is 5.70. The molecule has 0 amide bonds. The zero-order valence-corrected chi connectivity index (χ0v) is 14.2. The van der Waals surface area contributed by atoms with E-state index >= 15 is 0 Å².